The zero-order valence-corrected chi connectivity index (χ0v) is 23.9. The molecule has 2 heterocycles. The Morgan fingerprint density at radius 2 is 1.14 bits per heavy atom. The van der Waals surface area contributed by atoms with Gasteiger partial charge in [-0.1, -0.05) is 121 Å². The lowest BCUT2D eigenvalue weighted by molar-refractivity contribution is -0.134. The summed E-state index contributed by atoms with van der Waals surface area (Å²) in [5, 5.41) is 7.35. The summed E-state index contributed by atoms with van der Waals surface area (Å²) in [6.45, 7) is 2.09. The summed E-state index contributed by atoms with van der Waals surface area (Å²) < 4.78 is 5.53. The van der Waals surface area contributed by atoms with Crippen LogP contribution in [0.15, 0.2) is 151 Å². The smallest absolute Gasteiger partial charge is 0.365 e. The predicted octanol–water partition coefficient (Wildman–Crippen LogP) is 7.74. The number of carbonyl (C=O) groups excluding carboxylic acids is 1. The molecule has 0 aromatic heterocycles. The van der Waals surface area contributed by atoms with Crippen molar-refractivity contribution in [2.45, 2.75) is 17.5 Å². The van der Waals surface area contributed by atoms with Gasteiger partial charge in [0.1, 0.15) is 5.54 Å². The van der Waals surface area contributed by atoms with Gasteiger partial charge in [0.25, 0.3) is 0 Å². The third kappa shape index (κ3) is 3.79. The van der Waals surface area contributed by atoms with Gasteiger partial charge in [-0.15, -0.1) is 0 Å². The highest BCUT2D eigenvalue weighted by molar-refractivity contribution is 8.16. The van der Waals surface area contributed by atoms with Crippen molar-refractivity contribution in [2.75, 3.05) is 16.5 Å². The second-order valence-corrected chi connectivity index (χ2v) is 11.3. The Kier molecular flexibility index (Phi) is 6.56. The zero-order valence-electron chi connectivity index (χ0n) is 23.1. The van der Waals surface area contributed by atoms with Gasteiger partial charge in [0.15, 0.2) is 0 Å². The minimum absolute atomic E-state index is 0.272. The fraction of sp³-hybridized carbons (Fsp3) is 0.111. The molecule has 42 heavy (non-hydrogen) atoms. The summed E-state index contributed by atoms with van der Waals surface area (Å²) >= 11 is 1.44. The van der Waals surface area contributed by atoms with Gasteiger partial charge in [-0.05, 0) is 59.6 Å². The largest absolute Gasteiger partial charge is 0.461 e. The number of hydrogen-bond acceptors (Lipinski definition) is 6. The van der Waals surface area contributed by atoms with Gasteiger partial charge in [-0.25, -0.2) is 9.80 Å². The molecule has 0 radical (unpaired) electrons. The van der Waals surface area contributed by atoms with Crippen LogP contribution in [0, 0.1) is 0 Å². The minimum atomic E-state index is -0.965. The van der Waals surface area contributed by atoms with E-state index in [0.29, 0.717) is 5.04 Å². The van der Waals surface area contributed by atoms with E-state index in [9.17, 15) is 4.79 Å². The van der Waals surface area contributed by atoms with Crippen molar-refractivity contribution in [3.05, 3.63) is 168 Å². The molecule has 0 N–H and O–H groups in total. The van der Waals surface area contributed by atoms with Crippen LogP contribution < -0.4 is 9.91 Å². The minimum Gasteiger partial charge on any atom is -0.461 e. The molecular weight excluding hydrogens is 538 g/mol. The van der Waals surface area contributed by atoms with Crippen molar-refractivity contribution < 1.29 is 9.53 Å². The molecule has 0 bridgehead atoms. The van der Waals surface area contributed by atoms with Gasteiger partial charge in [-0.3, -0.25) is 0 Å². The lowest BCUT2D eigenvalue weighted by Crippen LogP contribution is -2.57. The van der Waals surface area contributed by atoms with E-state index in [0.717, 1.165) is 33.6 Å². The first-order valence-corrected chi connectivity index (χ1v) is 14.9. The average molecular weight is 568 g/mol. The molecule has 2 aliphatic rings. The second-order valence-electron chi connectivity index (χ2n) is 10.1. The molecule has 5 nitrogen and oxygen atoms in total. The summed E-state index contributed by atoms with van der Waals surface area (Å²) in [5.74, 6) is -0.428. The van der Waals surface area contributed by atoms with Gasteiger partial charge in [-0.2, -0.15) is 5.10 Å². The fourth-order valence-corrected chi connectivity index (χ4v) is 7.72. The normalized spacial score (nSPS) is 18.5. The summed E-state index contributed by atoms with van der Waals surface area (Å²) in [6.07, 6.45) is 0. The molecule has 0 amide bonds. The van der Waals surface area contributed by atoms with E-state index in [1.165, 1.54) is 11.8 Å². The number of anilines is 2. The molecule has 2 aliphatic heterocycles. The fourth-order valence-electron chi connectivity index (χ4n) is 6.33. The van der Waals surface area contributed by atoms with Crippen LogP contribution in [0.1, 0.15) is 29.2 Å². The number of ether oxygens (including phenoxy) is 1. The number of para-hydroxylation sites is 2. The molecule has 0 saturated heterocycles. The van der Waals surface area contributed by atoms with E-state index in [2.05, 4.69) is 102 Å². The lowest BCUT2D eigenvalue weighted by atomic mass is 9.77. The highest BCUT2D eigenvalue weighted by Gasteiger charge is 2.66. The molecule has 6 heteroatoms. The molecule has 5 aromatic rings. The van der Waals surface area contributed by atoms with Crippen molar-refractivity contribution in [2.24, 2.45) is 5.10 Å². The summed E-state index contributed by atoms with van der Waals surface area (Å²) in [6, 6.07) is 50.3. The molecule has 0 saturated carbocycles. The van der Waals surface area contributed by atoms with Gasteiger partial charge in [0, 0.05) is 11.3 Å². The summed E-state index contributed by atoms with van der Waals surface area (Å²) in [5.41, 5.74) is 5.51. The first-order valence-electron chi connectivity index (χ1n) is 14.1. The van der Waals surface area contributed by atoms with E-state index in [-0.39, 0.29) is 6.61 Å². The van der Waals surface area contributed by atoms with Crippen molar-refractivity contribution in [1.29, 1.82) is 0 Å². The molecule has 0 aliphatic carbocycles. The third-order valence-electron chi connectivity index (χ3n) is 7.87. The van der Waals surface area contributed by atoms with Crippen LogP contribution in [-0.4, -0.2) is 17.6 Å². The van der Waals surface area contributed by atoms with E-state index in [4.69, 9.17) is 9.84 Å². The van der Waals surface area contributed by atoms with Crippen molar-refractivity contribution >= 4 is 34.1 Å². The summed E-state index contributed by atoms with van der Waals surface area (Å²) in [4.78, 5) is 14.9. The standard InChI is InChI=1S/C36H29N3O2S/c1-2-41-34(40)33-37-39(30-23-13-6-14-24-30)36(42-33)32-26-16-15-25-31(32)35(27-17-7-3-8-18-27,28-19-9-4-10-20-28)38(36)29-21-11-5-12-22-29/h3-26H,2H2,1H3. The maximum absolute atomic E-state index is 13.4. The number of hydrazone groups is 1. The van der Waals surface area contributed by atoms with Crippen LogP contribution in [-0.2, 0) is 20.1 Å². The number of nitrogens with zero attached hydrogens (tertiary/aromatic N) is 3. The van der Waals surface area contributed by atoms with Crippen LogP contribution in [0.4, 0.5) is 11.4 Å². The van der Waals surface area contributed by atoms with Gasteiger partial charge < -0.3 is 9.64 Å². The molecule has 0 fully saturated rings. The van der Waals surface area contributed by atoms with Crippen LogP contribution >= 0.6 is 11.8 Å². The van der Waals surface area contributed by atoms with Crippen LogP contribution in [0.25, 0.3) is 0 Å². The van der Waals surface area contributed by atoms with E-state index >= 15 is 0 Å². The monoisotopic (exact) mass is 567 g/mol. The number of carbonyl (C=O) groups is 1. The maximum Gasteiger partial charge on any atom is 0.365 e. The summed E-state index contributed by atoms with van der Waals surface area (Å²) in [7, 11) is 0. The predicted molar refractivity (Wildman–Crippen MR) is 170 cm³/mol. The Labute approximate surface area is 250 Å². The highest BCUT2D eigenvalue weighted by atomic mass is 32.2. The van der Waals surface area contributed by atoms with Crippen molar-refractivity contribution in [1.82, 2.24) is 0 Å². The molecule has 1 atom stereocenters. The van der Waals surface area contributed by atoms with Gasteiger partial charge >= 0.3 is 5.97 Å². The third-order valence-corrected chi connectivity index (χ3v) is 9.17. The first kappa shape index (κ1) is 26.1. The van der Waals surface area contributed by atoms with E-state index in [1.54, 1.807) is 0 Å². The number of esters is 1. The number of benzene rings is 5. The zero-order chi connectivity index (χ0) is 28.6. The molecule has 5 aromatic carbocycles. The number of fused-ring (bicyclic) bond motifs is 2. The molecule has 1 unspecified atom stereocenters. The maximum atomic E-state index is 13.4. The Bertz CT molecular complexity index is 1710. The topological polar surface area (TPSA) is 45.1 Å². The molecule has 206 valence electrons. The van der Waals surface area contributed by atoms with Crippen LogP contribution in [0.5, 0.6) is 0 Å². The van der Waals surface area contributed by atoms with Crippen molar-refractivity contribution in [3.63, 3.8) is 0 Å². The Morgan fingerprint density at radius 1 is 0.667 bits per heavy atom. The Hall–Kier alpha value is -4.81. The second kappa shape index (κ2) is 10.5. The average Bonchev–Trinajstić information content (AvgIpc) is 3.58. The van der Waals surface area contributed by atoms with Gasteiger partial charge in [0.05, 0.1) is 12.3 Å². The SMILES string of the molecule is CCOC(=O)C1=NN(c2ccccc2)C2(S1)c1ccccc1C(c1ccccc1)(c1ccccc1)N2c1ccccc1. The van der Waals surface area contributed by atoms with Crippen LogP contribution in [0.3, 0.4) is 0 Å². The Morgan fingerprint density at radius 3 is 1.69 bits per heavy atom. The lowest BCUT2D eigenvalue weighted by Gasteiger charge is -2.50. The molecular formula is C36H29N3O2S. The number of thioether (sulfide) groups is 1. The van der Waals surface area contributed by atoms with Gasteiger partial charge in [0.2, 0.25) is 10.0 Å². The molecule has 7 rings (SSSR count). The van der Waals surface area contributed by atoms with E-state index < -0.39 is 16.5 Å². The Balaban J connectivity index is 1.63. The highest BCUT2D eigenvalue weighted by Crippen LogP contribution is 2.65. The molecule has 1 spiro atoms. The number of rotatable bonds is 6. The van der Waals surface area contributed by atoms with Crippen molar-refractivity contribution in [3.8, 4) is 0 Å². The van der Waals surface area contributed by atoms with E-state index in [1.807, 2.05) is 60.5 Å². The number of hydrogen-bond donors (Lipinski definition) is 0. The first-order chi connectivity index (χ1) is 20.7. The van der Waals surface area contributed by atoms with Crippen LogP contribution in [0.2, 0.25) is 0 Å². The quantitative estimate of drug-likeness (QED) is 0.196.